The average Bonchev–Trinajstić information content (AvgIpc) is 2.29. The maximum Gasteiger partial charge on any atom is 0.311 e. The first-order valence-corrected chi connectivity index (χ1v) is 6.44. The molecular formula is C13H24N2O3. The van der Waals surface area contributed by atoms with Gasteiger partial charge in [-0.3, -0.25) is 9.59 Å². The van der Waals surface area contributed by atoms with Gasteiger partial charge in [-0.05, 0) is 53.6 Å². The lowest BCUT2D eigenvalue weighted by Crippen LogP contribution is -2.58. The van der Waals surface area contributed by atoms with E-state index in [0.717, 1.165) is 25.9 Å². The Balaban J connectivity index is 2.70. The van der Waals surface area contributed by atoms with Gasteiger partial charge in [-0.15, -0.1) is 0 Å². The van der Waals surface area contributed by atoms with Crippen molar-refractivity contribution in [2.24, 2.45) is 11.3 Å². The second-order valence-corrected chi connectivity index (χ2v) is 6.07. The largest absolute Gasteiger partial charge is 0.481 e. The molecule has 0 saturated carbocycles. The van der Waals surface area contributed by atoms with Crippen molar-refractivity contribution < 1.29 is 14.7 Å². The third-order valence-electron chi connectivity index (χ3n) is 4.24. The van der Waals surface area contributed by atoms with Gasteiger partial charge in [-0.25, -0.2) is 0 Å². The van der Waals surface area contributed by atoms with Gasteiger partial charge >= 0.3 is 5.97 Å². The minimum atomic E-state index is -1.00. The zero-order valence-electron chi connectivity index (χ0n) is 11.7. The highest BCUT2D eigenvalue weighted by molar-refractivity contribution is 5.82. The van der Waals surface area contributed by atoms with Crippen LogP contribution in [0.25, 0.3) is 0 Å². The highest BCUT2D eigenvalue weighted by atomic mass is 16.4. The standard InChI is InChI=1S/C13H24N2O3/c1-12(2,11(17)18)13(3,4)15-10(16)9-5-7-14-8-6-9/h9,14H,5-8H2,1-4H3,(H,15,16)(H,17,18). The van der Waals surface area contributed by atoms with Crippen molar-refractivity contribution >= 4 is 11.9 Å². The lowest BCUT2D eigenvalue weighted by atomic mass is 9.74. The number of rotatable bonds is 4. The summed E-state index contributed by atoms with van der Waals surface area (Å²) in [6.45, 7) is 8.50. The molecule has 0 bridgehead atoms. The van der Waals surface area contributed by atoms with Crippen LogP contribution in [0.5, 0.6) is 0 Å². The fourth-order valence-corrected chi connectivity index (χ4v) is 1.92. The van der Waals surface area contributed by atoms with Gasteiger partial charge in [0.1, 0.15) is 0 Å². The van der Waals surface area contributed by atoms with E-state index in [1.54, 1.807) is 27.7 Å². The summed E-state index contributed by atoms with van der Waals surface area (Å²) in [5.74, 6) is -0.941. The number of nitrogens with one attached hydrogen (secondary N) is 2. The van der Waals surface area contributed by atoms with E-state index in [1.165, 1.54) is 0 Å². The highest BCUT2D eigenvalue weighted by Gasteiger charge is 2.45. The van der Waals surface area contributed by atoms with Crippen molar-refractivity contribution in [2.75, 3.05) is 13.1 Å². The number of carbonyl (C=O) groups is 2. The van der Waals surface area contributed by atoms with E-state index < -0.39 is 16.9 Å². The lowest BCUT2D eigenvalue weighted by Gasteiger charge is -2.40. The summed E-state index contributed by atoms with van der Waals surface area (Å²) in [6.07, 6.45) is 1.63. The Labute approximate surface area is 108 Å². The summed E-state index contributed by atoms with van der Waals surface area (Å²) in [6, 6.07) is 0. The number of carboxylic acid groups (broad SMARTS) is 1. The summed E-state index contributed by atoms with van der Waals surface area (Å²) >= 11 is 0. The first kappa shape index (κ1) is 15.0. The minimum Gasteiger partial charge on any atom is -0.481 e. The molecule has 104 valence electrons. The van der Waals surface area contributed by atoms with Crippen LogP contribution in [0, 0.1) is 11.3 Å². The molecule has 0 radical (unpaired) electrons. The number of piperidine rings is 1. The summed E-state index contributed by atoms with van der Waals surface area (Å²) in [5, 5.41) is 15.3. The number of aliphatic carboxylic acids is 1. The van der Waals surface area contributed by atoms with Crippen LogP contribution in [0.3, 0.4) is 0 Å². The van der Waals surface area contributed by atoms with E-state index in [-0.39, 0.29) is 11.8 Å². The van der Waals surface area contributed by atoms with E-state index in [1.807, 2.05) is 0 Å². The summed E-state index contributed by atoms with van der Waals surface area (Å²) in [4.78, 5) is 23.4. The molecule has 0 aromatic carbocycles. The molecule has 1 saturated heterocycles. The maximum absolute atomic E-state index is 12.2. The van der Waals surface area contributed by atoms with Gasteiger partial charge in [-0.2, -0.15) is 0 Å². The van der Waals surface area contributed by atoms with Crippen LogP contribution in [0.1, 0.15) is 40.5 Å². The van der Waals surface area contributed by atoms with Gasteiger partial charge in [-0.1, -0.05) is 0 Å². The predicted molar refractivity (Wildman–Crippen MR) is 69.2 cm³/mol. The molecule has 18 heavy (non-hydrogen) atoms. The van der Waals surface area contributed by atoms with Gasteiger partial charge in [0.05, 0.1) is 5.41 Å². The number of hydrogen-bond donors (Lipinski definition) is 3. The number of hydrogen-bond acceptors (Lipinski definition) is 3. The van der Waals surface area contributed by atoms with E-state index in [2.05, 4.69) is 10.6 Å². The van der Waals surface area contributed by atoms with Crippen LogP contribution in [-0.2, 0) is 9.59 Å². The molecular weight excluding hydrogens is 232 g/mol. The van der Waals surface area contributed by atoms with Crippen molar-refractivity contribution in [2.45, 2.75) is 46.1 Å². The summed E-state index contributed by atoms with van der Waals surface area (Å²) < 4.78 is 0. The molecule has 1 heterocycles. The van der Waals surface area contributed by atoms with Crippen LogP contribution in [0.2, 0.25) is 0 Å². The third kappa shape index (κ3) is 3.02. The third-order valence-corrected chi connectivity index (χ3v) is 4.24. The maximum atomic E-state index is 12.2. The van der Waals surface area contributed by atoms with Crippen molar-refractivity contribution in [1.29, 1.82) is 0 Å². The molecule has 0 aromatic rings. The van der Waals surface area contributed by atoms with E-state index >= 15 is 0 Å². The quantitative estimate of drug-likeness (QED) is 0.701. The van der Waals surface area contributed by atoms with Gasteiger partial charge in [0.15, 0.2) is 0 Å². The van der Waals surface area contributed by atoms with E-state index in [9.17, 15) is 14.7 Å². The van der Waals surface area contributed by atoms with Gasteiger partial charge in [0.2, 0.25) is 5.91 Å². The SMILES string of the molecule is CC(C)(NC(=O)C1CCNCC1)C(C)(C)C(=O)O. The minimum absolute atomic E-state index is 0.00452. The predicted octanol–water partition coefficient (Wildman–Crippen LogP) is 0.992. The fraction of sp³-hybridized carbons (Fsp3) is 0.846. The Kier molecular flexibility index (Phi) is 4.37. The Bertz CT molecular complexity index is 331. The van der Waals surface area contributed by atoms with E-state index in [0.29, 0.717) is 0 Å². The zero-order chi connectivity index (χ0) is 14.0. The smallest absolute Gasteiger partial charge is 0.311 e. The number of amides is 1. The molecule has 1 fully saturated rings. The van der Waals surface area contributed by atoms with Crippen LogP contribution < -0.4 is 10.6 Å². The lowest BCUT2D eigenvalue weighted by molar-refractivity contribution is -0.152. The van der Waals surface area contributed by atoms with E-state index in [4.69, 9.17) is 0 Å². The van der Waals surface area contributed by atoms with Gasteiger partial charge in [0.25, 0.3) is 0 Å². The van der Waals surface area contributed by atoms with Crippen LogP contribution >= 0.6 is 0 Å². The molecule has 5 nitrogen and oxygen atoms in total. The molecule has 1 aliphatic heterocycles. The monoisotopic (exact) mass is 256 g/mol. The van der Waals surface area contributed by atoms with Crippen molar-refractivity contribution in [3.63, 3.8) is 0 Å². The molecule has 1 rings (SSSR count). The summed E-state index contributed by atoms with van der Waals surface area (Å²) in [7, 11) is 0. The van der Waals surface area contributed by atoms with Crippen molar-refractivity contribution in [3.8, 4) is 0 Å². The molecule has 1 aliphatic rings. The zero-order valence-corrected chi connectivity index (χ0v) is 11.7. The average molecular weight is 256 g/mol. The molecule has 0 spiro atoms. The molecule has 0 atom stereocenters. The molecule has 1 amide bonds. The Morgan fingerprint density at radius 3 is 2.11 bits per heavy atom. The molecule has 0 aliphatic carbocycles. The van der Waals surface area contributed by atoms with Crippen molar-refractivity contribution in [3.05, 3.63) is 0 Å². The highest BCUT2D eigenvalue weighted by Crippen LogP contribution is 2.31. The summed E-state index contributed by atoms with van der Waals surface area (Å²) in [5.41, 5.74) is -1.78. The molecule has 0 aromatic heterocycles. The van der Waals surface area contributed by atoms with Crippen LogP contribution in [0.15, 0.2) is 0 Å². The van der Waals surface area contributed by atoms with Crippen LogP contribution in [-0.4, -0.2) is 35.6 Å². The molecule has 5 heteroatoms. The van der Waals surface area contributed by atoms with Crippen molar-refractivity contribution in [1.82, 2.24) is 10.6 Å². The first-order valence-electron chi connectivity index (χ1n) is 6.44. The van der Waals surface area contributed by atoms with Gasteiger partial charge in [0, 0.05) is 11.5 Å². The first-order chi connectivity index (χ1) is 8.18. The molecule has 0 unspecified atom stereocenters. The second-order valence-electron chi connectivity index (χ2n) is 6.07. The Morgan fingerprint density at radius 1 is 1.17 bits per heavy atom. The topological polar surface area (TPSA) is 78.4 Å². The number of carbonyl (C=O) groups excluding carboxylic acids is 1. The second kappa shape index (κ2) is 5.26. The Hall–Kier alpha value is -1.10. The Morgan fingerprint density at radius 2 is 1.67 bits per heavy atom. The number of carboxylic acids is 1. The van der Waals surface area contributed by atoms with Crippen LogP contribution in [0.4, 0.5) is 0 Å². The molecule has 3 N–H and O–H groups in total. The normalized spacial score (nSPS) is 18.4. The fourth-order valence-electron chi connectivity index (χ4n) is 1.92. The van der Waals surface area contributed by atoms with Gasteiger partial charge < -0.3 is 15.7 Å².